The maximum absolute atomic E-state index is 13.1. The molecule has 3 aliphatic rings. The zero-order chi connectivity index (χ0) is 17.9. The summed E-state index contributed by atoms with van der Waals surface area (Å²) in [7, 11) is 0. The van der Waals surface area contributed by atoms with E-state index in [2.05, 4.69) is 67.0 Å². The van der Waals surface area contributed by atoms with Crippen LogP contribution in [0.3, 0.4) is 0 Å². The number of hydrogen-bond donors (Lipinski definition) is 1. The first kappa shape index (κ1) is 18.6. The predicted octanol–water partition coefficient (Wildman–Crippen LogP) is 5.51. The summed E-state index contributed by atoms with van der Waals surface area (Å²) in [4.78, 5) is 24.6. The molecule has 3 nitrogen and oxygen atoms in total. The molecule has 1 aromatic carbocycles. The van der Waals surface area contributed by atoms with E-state index < -0.39 is 5.41 Å². The Bertz CT molecular complexity index is 701. The van der Waals surface area contributed by atoms with Crippen LogP contribution in [0.15, 0.2) is 24.3 Å². The summed E-state index contributed by atoms with van der Waals surface area (Å²) in [5, 5.41) is 3.06. The van der Waals surface area contributed by atoms with Gasteiger partial charge in [-0.25, -0.2) is 0 Å². The van der Waals surface area contributed by atoms with Crippen molar-refractivity contribution in [1.82, 2.24) is 0 Å². The lowest BCUT2D eigenvalue weighted by Crippen LogP contribution is -2.71. The van der Waals surface area contributed by atoms with Crippen LogP contribution < -0.4 is 5.32 Å². The van der Waals surface area contributed by atoms with E-state index in [1.807, 2.05) is 0 Å². The number of benzene rings is 1. The monoisotopic (exact) mass is 519 g/mol. The third-order valence-electron chi connectivity index (χ3n) is 6.44. The van der Waals surface area contributed by atoms with Crippen molar-refractivity contribution >= 4 is 65.2 Å². The second-order valence-electron chi connectivity index (χ2n) is 7.39. The lowest BCUT2D eigenvalue weighted by atomic mass is 9.43. The Morgan fingerprint density at radius 3 is 2.17 bits per heavy atom. The number of Topliss-reactive ketones (excluding diaryl/α,β-unsaturated/α-hetero) is 1. The maximum Gasteiger partial charge on any atom is 0.232 e. The number of alkyl halides is 3. The molecule has 0 aliphatic heterocycles. The number of amides is 1. The number of carbonyl (C=O) groups is 2. The summed E-state index contributed by atoms with van der Waals surface area (Å²) in [5.41, 5.74) is 0.840. The number of carbonyl (C=O) groups excluding carboxylic acids is 2. The lowest BCUT2D eigenvalue weighted by Gasteiger charge is -2.66. The quantitative estimate of drug-likeness (QED) is 0.419. The van der Waals surface area contributed by atoms with Gasteiger partial charge in [0.1, 0.15) is 0 Å². The van der Waals surface area contributed by atoms with Gasteiger partial charge >= 0.3 is 0 Å². The molecule has 1 aromatic rings. The van der Waals surface area contributed by atoms with Gasteiger partial charge in [0.2, 0.25) is 5.91 Å². The van der Waals surface area contributed by atoms with E-state index in [0.717, 1.165) is 18.5 Å². The second kappa shape index (κ2) is 5.92. The van der Waals surface area contributed by atoms with Crippen LogP contribution in [0.5, 0.6) is 0 Å². The summed E-state index contributed by atoms with van der Waals surface area (Å²) in [6, 6.07) is 7.08. The van der Waals surface area contributed by atoms with Crippen LogP contribution >= 0.6 is 47.8 Å². The molecule has 0 aromatic heterocycles. The molecule has 2 bridgehead atoms. The average Bonchev–Trinajstić information content (AvgIpc) is 2.97. The predicted molar refractivity (Wildman–Crippen MR) is 107 cm³/mol. The molecule has 1 amide bonds. The Morgan fingerprint density at radius 2 is 1.75 bits per heavy atom. The van der Waals surface area contributed by atoms with Gasteiger partial charge in [0.15, 0.2) is 5.78 Å². The number of fused-ring (bicyclic) bond motifs is 1. The highest BCUT2D eigenvalue weighted by Crippen LogP contribution is 2.82. The summed E-state index contributed by atoms with van der Waals surface area (Å²) < 4.78 is 0.162. The minimum atomic E-state index is -0.425. The zero-order valence-electron chi connectivity index (χ0n) is 13.8. The van der Waals surface area contributed by atoms with E-state index >= 15 is 0 Å². The van der Waals surface area contributed by atoms with Crippen LogP contribution in [0.2, 0.25) is 0 Å². The molecule has 0 saturated heterocycles. The number of hydrogen-bond acceptors (Lipinski definition) is 2. The van der Waals surface area contributed by atoms with E-state index in [9.17, 15) is 9.59 Å². The van der Waals surface area contributed by atoms with Crippen LogP contribution in [-0.2, 0) is 4.79 Å². The van der Waals surface area contributed by atoms with Gasteiger partial charge in [0.05, 0.1) is 9.15 Å². The molecule has 0 heterocycles. The largest absolute Gasteiger partial charge is 0.326 e. The lowest BCUT2D eigenvalue weighted by molar-refractivity contribution is -0.155. The molecule has 24 heavy (non-hydrogen) atoms. The van der Waals surface area contributed by atoms with Gasteiger partial charge in [-0.1, -0.05) is 61.6 Å². The molecule has 0 spiro atoms. The third kappa shape index (κ3) is 2.11. The van der Waals surface area contributed by atoms with E-state index in [1.54, 1.807) is 24.3 Å². The molecule has 3 atom stereocenters. The van der Waals surface area contributed by atoms with E-state index in [-0.39, 0.29) is 31.1 Å². The minimum absolute atomic E-state index is 0.0167. The molecule has 1 N–H and O–H groups in total. The fraction of sp³-hybridized carbons (Fsp3) is 0.556. The molecule has 0 radical (unpaired) electrons. The fourth-order valence-corrected chi connectivity index (χ4v) is 9.64. The Morgan fingerprint density at radius 1 is 1.17 bits per heavy atom. The summed E-state index contributed by atoms with van der Waals surface area (Å²) >= 11 is 11.2. The standard InChI is InChI=1S/C18H20Br3NO2/c1-10(23)11-4-6-12(7-5-11)22-15(24)18-9-8-17(13(18)19,14(20)21)16(18,2)3/h4-7,13-14H,8-9H2,1-3H3,(H,22,24)/t13-,17+,18-/m1/s1. The van der Waals surface area contributed by atoms with Crippen LogP contribution in [-0.4, -0.2) is 20.3 Å². The first-order valence-electron chi connectivity index (χ1n) is 7.96. The van der Waals surface area contributed by atoms with Gasteiger partial charge in [0, 0.05) is 21.5 Å². The SMILES string of the molecule is CC(=O)c1ccc(NC(=O)[C@@]23CC[C@@](C(Br)Br)([C@H]2Br)C3(C)C)cc1. The number of halogens is 3. The van der Waals surface area contributed by atoms with Crippen molar-refractivity contribution in [3.8, 4) is 0 Å². The second-order valence-corrected chi connectivity index (χ2v) is 11.4. The normalized spacial score (nSPS) is 33.2. The molecule has 130 valence electrons. The van der Waals surface area contributed by atoms with Crippen molar-refractivity contribution in [3.05, 3.63) is 29.8 Å². The van der Waals surface area contributed by atoms with Gasteiger partial charge in [-0.3, -0.25) is 9.59 Å². The van der Waals surface area contributed by atoms with Crippen molar-refractivity contribution in [2.75, 3.05) is 5.32 Å². The highest BCUT2D eigenvalue weighted by molar-refractivity contribution is 9.24. The maximum atomic E-state index is 13.1. The van der Waals surface area contributed by atoms with E-state index in [1.165, 1.54) is 6.92 Å². The summed E-state index contributed by atoms with van der Waals surface area (Å²) in [5.74, 6) is 0.0760. The van der Waals surface area contributed by atoms with Gasteiger partial charge in [-0.2, -0.15) is 0 Å². The Labute approximate surface area is 167 Å². The number of anilines is 1. The van der Waals surface area contributed by atoms with Crippen molar-refractivity contribution in [2.45, 2.75) is 42.2 Å². The zero-order valence-corrected chi connectivity index (χ0v) is 18.6. The van der Waals surface area contributed by atoms with Gasteiger partial charge in [0.25, 0.3) is 0 Å². The molecule has 0 unspecified atom stereocenters. The van der Waals surface area contributed by atoms with Crippen molar-refractivity contribution < 1.29 is 9.59 Å². The fourth-order valence-electron chi connectivity index (χ4n) is 4.73. The van der Waals surface area contributed by atoms with Crippen LogP contribution in [0, 0.1) is 16.2 Å². The highest BCUT2D eigenvalue weighted by atomic mass is 79.9. The molecular formula is C18H20Br3NO2. The van der Waals surface area contributed by atoms with Gasteiger partial charge < -0.3 is 5.32 Å². The topological polar surface area (TPSA) is 46.2 Å². The molecule has 3 fully saturated rings. The molecule has 3 aliphatic carbocycles. The van der Waals surface area contributed by atoms with Crippen molar-refractivity contribution in [1.29, 1.82) is 0 Å². The van der Waals surface area contributed by atoms with E-state index in [4.69, 9.17) is 0 Å². The van der Waals surface area contributed by atoms with Gasteiger partial charge in [-0.05, 0) is 49.4 Å². The van der Waals surface area contributed by atoms with Gasteiger partial charge in [-0.15, -0.1) is 0 Å². The summed E-state index contributed by atoms with van der Waals surface area (Å²) in [6.07, 6.45) is 1.86. The summed E-state index contributed by atoms with van der Waals surface area (Å²) in [6.45, 7) is 5.91. The number of ketones is 1. The van der Waals surface area contributed by atoms with Crippen LogP contribution in [0.1, 0.15) is 44.0 Å². The highest BCUT2D eigenvalue weighted by Gasteiger charge is 2.83. The molecule has 4 rings (SSSR count). The Balaban J connectivity index is 1.85. The van der Waals surface area contributed by atoms with Crippen LogP contribution in [0.4, 0.5) is 5.69 Å². The van der Waals surface area contributed by atoms with Crippen molar-refractivity contribution in [3.63, 3.8) is 0 Å². The van der Waals surface area contributed by atoms with E-state index in [0.29, 0.717) is 5.56 Å². The van der Waals surface area contributed by atoms with Crippen LogP contribution in [0.25, 0.3) is 0 Å². The number of nitrogens with one attached hydrogen (secondary N) is 1. The molecular weight excluding hydrogens is 502 g/mol. The Hall–Kier alpha value is -0.200. The molecule has 3 saturated carbocycles. The Kier molecular flexibility index (Phi) is 4.58. The van der Waals surface area contributed by atoms with Crippen molar-refractivity contribution in [2.24, 2.45) is 16.2 Å². The third-order valence-corrected chi connectivity index (χ3v) is 9.67. The number of rotatable bonds is 4. The smallest absolute Gasteiger partial charge is 0.232 e. The first-order valence-corrected chi connectivity index (χ1v) is 10.7. The minimum Gasteiger partial charge on any atom is -0.326 e. The average molecular weight is 522 g/mol. The molecule has 6 heteroatoms. The first-order chi connectivity index (χ1) is 11.1.